The lowest BCUT2D eigenvalue weighted by molar-refractivity contribution is -0.147. The van der Waals surface area contributed by atoms with Crippen molar-refractivity contribution in [1.29, 1.82) is 0 Å². The Morgan fingerprint density at radius 1 is 1.16 bits per heavy atom. The highest BCUT2D eigenvalue weighted by Gasteiger charge is 2.38. The first-order chi connectivity index (χ1) is 14.9. The Morgan fingerprint density at radius 2 is 1.81 bits per heavy atom. The smallest absolute Gasteiger partial charge is 0.309 e. The SMILES string of the molecule is CC(C)(CC1CN(C(=O)CCNC(C)(C)c2ccc(F)cc2)c2ccc(Cl)cc21)C(=O)O. The molecule has 0 saturated carbocycles. The second-order valence-corrected chi connectivity index (χ2v) is 10.0. The van der Waals surface area contributed by atoms with E-state index in [0.29, 0.717) is 24.5 Å². The van der Waals surface area contributed by atoms with Gasteiger partial charge in [-0.25, -0.2) is 4.39 Å². The summed E-state index contributed by atoms with van der Waals surface area (Å²) in [7, 11) is 0. The maximum atomic E-state index is 13.2. The van der Waals surface area contributed by atoms with Crippen molar-refractivity contribution in [3.05, 3.63) is 64.4 Å². The molecule has 2 aromatic carbocycles. The van der Waals surface area contributed by atoms with Crippen LogP contribution in [-0.2, 0) is 15.1 Å². The van der Waals surface area contributed by atoms with Gasteiger partial charge in [0.15, 0.2) is 0 Å². The van der Waals surface area contributed by atoms with E-state index in [-0.39, 0.29) is 24.1 Å². The number of fused-ring (bicyclic) bond motifs is 1. The Bertz CT molecular complexity index is 1000. The first-order valence-electron chi connectivity index (χ1n) is 10.7. The molecule has 1 aliphatic heterocycles. The van der Waals surface area contributed by atoms with Gasteiger partial charge < -0.3 is 15.3 Å². The molecule has 172 valence electrons. The first-order valence-corrected chi connectivity index (χ1v) is 11.1. The number of hydrogen-bond donors (Lipinski definition) is 2. The van der Waals surface area contributed by atoms with Gasteiger partial charge in [-0.05, 0) is 75.6 Å². The van der Waals surface area contributed by atoms with Crippen LogP contribution in [0, 0.1) is 11.2 Å². The number of carboxylic acids is 1. The summed E-state index contributed by atoms with van der Waals surface area (Å²) < 4.78 is 13.2. The van der Waals surface area contributed by atoms with Crippen molar-refractivity contribution >= 4 is 29.2 Å². The molecule has 0 bridgehead atoms. The van der Waals surface area contributed by atoms with Crippen molar-refractivity contribution in [3.8, 4) is 0 Å². The van der Waals surface area contributed by atoms with Crippen molar-refractivity contribution in [2.75, 3.05) is 18.0 Å². The standard InChI is InChI=1S/C25H30ClFN2O3/c1-24(2,23(31)32)14-16-15-29(21-10-7-18(26)13-20(16)21)22(30)11-12-28-25(3,4)17-5-8-19(27)9-6-17/h5-10,13,16,28H,11-12,14-15H2,1-4H3,(H,31,32). The summed E-state index contributed by atoms with van der Waals surface area (Å²) in [6.45, 7) is 8.27. The van der Waals surface area contributed by atoms with Crippen LogP contribution in [0.2, 0.25) is 5.02 Å². The maximum Gasteiger partial charge on any atom is 0.309 e. The average molecular weight is 461 g/mol. The second kappa shape index (κ2) is 9.20. The fourth-order valence-corrected chi connectivity index (χ4v) is 4.40. The summed E-state index contributed by atoms with van der Waals surface area (Å²) in [5.41, 5.74) is 1.31. The van der Waals surface area contributed by atoms with E-state index in [1.54, 1.807) is 36.9 Å². The van der Waals surface area contributed by atoms with Crippen LogP contribution in [0.4, 0.5) is 10.1 Å². The van der Waals surface area contributed by atoms with Crippen LogP contribution in [0.3, 0.4) is 0 Å². The molecule has 1 aliphatic rings. The number of carboxylic acid groups (broad SMARTS) is 1. The number of carbonyl (C=O) groups excluding carboxylic acids is 1. The zero-order valence-electron chi connectivity index (χ0n) is 18.9. The predicted octanol–water partition coefficient (Wildman–Crippen LogP) is 5.33. The lowest BCUT2D eigenvalue weighted by Crippen LogP contribution is -2.40. The van der Waals surface area contributed by atoms with Gasteiger partial charge in [0, 0.05) is 41.7 Å². The molecule has 1 heterocycles. The molecule has 32 heavy (non-hydrogen) atoms. The van der Waals surface area contributed by atoms with Gasteiger partial charge in [0.2, 0.25) is 5.91 Å². The Labute approximate surface area is 193 Å². The van der Waals surface area contributed by atoms with Gasteiger partial charge in [0.1, 0.15) is 5.82 Å². The Hall–Kier alpha value is -2.44. The number of amides is 1. The zero-order chi connectivity index (χ0) is 23.7. The predicted molar refractivity (Wildman–Crippen MR) is 125 cm³/mol. The van der Waals surface area contributed by atoms with Gasteiger partial charge >= 0.3 is 5.97 Å². The molecule has 0 saturated heterocycles. The molecule has 7 heteroatoms. The fraction of sp³-hybridized carbons (Fsp3) is 0.440. The van der Waals surface area contributed by atoms with Crippen LogP contribution in [0.1, 0.15) is 57.6 Å². The van der Waals surface area contributed by atoms with Crippen LogP contribution >= 0.6 is 11.6 Å². The van der Waals surface area contributed by atoms with Gasteiger partial charge in [-0.1, -0.05) is 23.7 Å². The van der Waals surface area contributed by atoms with E-state index >= 15 is 0 Å². The summed E-state index contributed by atoms with van der Waals surface area (Å²) in [5.74, 6) is -1.28. The molecule has 3 rings (SSSR count). The second-order valence-electron chi connectivity index (χ2n) is 9.61. The van der Waals surface area contributed by atoms with Crippen molar-refractivity contribution in [3.63, 3.8) is 0 Å². The molecule has 0 aliphatic carbocycles. The molecule has 2 N–H and O–H groups in total. The van der Waals surface area contributed by atoms with E-state index in [9.17, 15) is 19.1 Å². The van der Waals surface area contributed by atoms with Crippen LogP contribution in [0.25, 0.3) is 0 Å². The van der Waals surface area contributed by atoms with E-state index in [0.717, 1.165) is 16.8 Å². The summed E-state index contributed by atoms with van der Waals surface area (Å²) in [4.78, 5) is 26.5. The number of anilines is 1. The maximum absolute atomic E-state index is 13.2. The highest BCUT2D eigenvalue weighted by atomic mass is 35.5. The van der Waals surface area contributed by atoms with Gasteiger partial charge in [0.05, 0.1) is 5.41 Å². The quantitative estimate of drug-likeness (QED) is 0.559. The van der Waals surface area contributed by atoms with Gasteiger partial charge in [-0.3, -0.25) is 9.59 Å². The van der Waals surface area contributed by atoms with Crippen LogP contribution in [0.15, 0.2) is 42.5 Å². The van der Waals surface area contributed by atoms with Crippen LogP contribution in [0.5, 0.6) is 0 Å². The van der Waals surface area contributed by atoms with Crippen molar-refractivity contribution in [2.24, 2.45) is 5.41 Å². The molecule has 0 spiro atoms. The first kappa shape index (κ1) is 24.2. The Balaban J connectivity index is 1.69. The molecule has 1 unspecified atom stereocenters. The number of halogens is 2. The number of aliphatic carboxylic acids is 1. The zero-order valence-corrected chi connectivity index (χ0v) is 19.7. The van der Waals surface area contributed by atoms with Crippen LogP contribution < -0.4 is 10.2 Å². The average Bonchev–Trinajstić information content (AvgIpc) is 3.05. The Morgan fingerprint density at radius 3 is 2.44 bits per heavy atom. The molecule has 0 fully saturated rings. The summed E-state index contributed by atoms with van der Waals surface area (Å²) in [6.07, 6.45) is 0.692. The fourth-order valence-electron chi connectivity index (χ4n) is 4.21. The van der Waals surface area contributed by atoms with Gasteiger partial charge in [-0.2, -0.15) is 0 Å². The van der Waals surface area contributed by atoms with Crippen molar-refractivity contribution in [1.82, 2.24) is 5.32 Å². The minimum atomic E-state index is -0.913. The van der Waals surface area contributed by atoms with Crippen molar-refractivity contribution < 1.29 is 19.1 Å². The van der Waals surface area contributed by atoms with Crippen molar-refractivity contribution in [2.45, 2.75) is 52.0 Å². The lowest BCUT2D eigenvalue weighted by Gasteiger charge is -2.28. The van der Waals surface area contributed by atoms with E-state index in [2.05, 4.69) is 5.32 Å². The number of nitrogens with one attached hydrogen (secondary N) is 1. The number of benzene rings is 2. The third-order valence-electron chi connectivity index (χ3n) is 6.23. The summed E-state index contributed by atoms with van der Waals surface area (Å²) >= 11 is 6.20. The number of carbonyl (C=O) groups is 2. The number of rotatable bonds is 8. The molecule has 2 aromatic rings. The minimum Gasteiger partial charge on any atom is -0.481 e. The molecule has 1 amide bonds. The van der Waals surface area contributed by atoms with E-state index in [1.165, 1.54) is 12.1 Å². The van der Waals surface area contributed by atoms with E-state index in [1.807, 2.05) is 26.0 Å². The molecule has 1 atom stereocenters. The topological polar surface area (TPSA) is 69.6 Å². The number of nitrogens with zero attached hydrogens (tertiary/aromatic N) is 1. The molecule has 5 nitrogen and oxygen atoms in total. The summed E-state index contributed by atoms with van der Waals surface area (Å²) in [5, 5.41) is 13.5. The highest BCUT2D eigenvalue weighted by Crippen LogP contribution is 2.43. The largest absolute Gasteiger partial charge is 0.481 e. The third kappa shape index (κ3) is 5.30. The molecular formula is C25H30ClFN2O3. The van der Waals surface area contributed by atoms with E-state index in [4.69, 9.17) is 11.6 Å². The summed E-state index contributed by atoms with van der Waals surface area (Å²) in [6, 6.07) is 11.7. The van der Waals surface area contributed by atoms with Gasteiger partial charge in [0.25, 0.3) is 0 Å². The minimum absolute atomic E-state index is 0.0355. The Kier molecular flexibility index (Phi) is 6.96. The normalized spacial score (nSPS) is 16.2. The van der Waals surface area contributed by atoms with E-state index < -0.39 is 16.9 Å². The molecule has 0 radical (unpaired) electrons. The number of hydrogen-bond acceptors (Lipinski definition) is 3. The monoisotopic (exact) mass is 460 g/mol. The lowest BCUT2D eigenvalue weighted by atomic mass is 9.81. The third-order valence-corrected chi connectivity index (χ3v) is 6.47. The molecular weight excluding hydrogens is 431 g/mol. The van der Waals surface area contributed by atoms with Crippen LogP contribution in [-0.4, -0.2) is 30.1 Å². The molecule has 0 aromatic heterocycles. The van der Waals surface area contributed by atoms with Gasteiger partial charge in [-0.15, -0.1) is 0 Å². The highest BCUT2D eigenvalue weighted by molar-refractivity contribution is 6.30.